The second-order valence-electron chi connectivity index (χ2n) is 3.79. The van der Waals surface area contributed by atoms with Crippen LogP contribution in [0.25, 0.3) is 0 Å². The molecule has 0 spiro atoms. The number of sulfonamides is 1. The summed E-state index contributed by atoms with van der Waals surface area (Å²) in [5.41, 5.74) is 5.35. The molecule has 1 aromatic heterocycles. The highest BCUT2D eigenvalue weighted by molar-refractivity contribution is 7.89. The van der Waals surface area contributed by atoms with Crippen molar-refractivity contribution in [3.63, 3.8) is 0 Å². The van der Waals surface area contributed by atoms with Crippen molar-refractivity contribution in [1.29, 1.82) is 0 Å². The lowest BCUT2D eigenvalue weighted by molar-refractivity contribution is 0.133. The van der Waals surface area contributed by atoms with Gasteiger partial charge in [-0.15, -0.1) is 0 Å². The first kappa shape index (κ1) is 15.2. The van der Waals surface area contributed by atoms with Gasteiger partial charge in [0, 0.05) is 19.8 Å². The van der Waals surface area contributed by atoms with Crippen LogP contribution in [0.1, 0.15) is 25.5 Å². The van der Waals surface area contributed by atoms with Gasteiger partial charge in [-0.3, -0.25) is 0 Å². The molecule has 104 valence electrons. The third kappa shape index (κ3) is 4.77. The van der Waals surface area contributed by atoms with E-state index < -0.39 is 10.0 Å². The zero-order valence-electron chi connectivity index (χ0n) is 10.5. The maximum absolute atomic E-state index is 11.8. The van der Waals surface area contributed by atoms with Crippen molar-refractivity contribution < 1.29 is 17.6 Å². The summed E-state index contributed by atoms with van der Waals surface area (Å²) in [4.78, 5) is 0. The van der Waals surface area contributed by atoms with Crippen molar-refractivity contribution in [2.75, 3.05) is 19.8 Å². The Hall–Kier alpha value is -0.890. The molecule has 0 radical (unpaired) electrons. The fourth-order valence-electron chi connectivity index (χ4n) is 1.31. The quantitative estimate of drug-likeness (QED) is 0.652. The van der Waals surface area contributed by atoms with Gasteiger partial charge in [0.25, 0.3) is 10.0 Å². The third-order valence-electron chi connectivity index (χ3n) is 2.21. The largest absolute Gasteiger partial charge is 0.447 e. The molecular weight excluding hydrogens is 256 g/mol. The van der Waals surface area contributed by atoms with Crippen LogP contribution in [0, 0.1) is 0 Å². The van der Waals surface area contributed by atoms with Crippen LogP contribution in [0.5, 0.6) is 0 Å². The van der Waals surface area contributed by atoms with Gasteiger partial charge in [0.2, 0.25) is 5.09 Å². The van der Waals surface area contributed by atoms with Gasteiger partial charge in [0.1, 0.15) is 5.76 Å². The molecule has 0 atom stereocenters. The van der Waals surface area contributed by atoms with E-state index >= 15 is 0 Å². The molecule has 6 nitrogen and oxygen atoms in total. The summed E-state index contributed by atoms with van der Waals surface area (Å²) < 4.78 is 36.3. The molecule has 7 heteroatoms. The van der Waals surface area contributed by atoms with Crippen molar-refractivity contribution in [2.24, 2.45) is 5.73 Å². The second-order valence-corrected chi connectivity index (χ2v) is 5.49. The molecule has 0 saturated carbocycles. The van der Waals surface area contributed by atoms with Gasteiger partial charge in [-0.25, -0.2) is 13.1 Å². The summed E-state index contributed by atoms with van der Waals surface area (Å²) in [5, 5.41) is -0.0996. The van der Waals surface area contributed by atoms with Crippen molar-refractivity contribution in [2.45, 2.75) is 31.4 Å². The first-order valence-electron chi connectivity index (χ1n) is 5.96. The topological polar surface area (TPSA) is 94.6 Å². The fraction of sp³-hybridized carbons (Fsp3) is 0.636. The lowest BCUT2D eigenvalue weighted by atomic mass is 10.4. The van der Waals surface area contributed by atoms with Crippen LogP contribution < -0.4 is 10.5 Å². The molecule has 0 fully saturated rings. The van der Waals surface area contributed by atoms with Crippen LogP contribution in [-0.4, -0.2) is 28.2 Å². The number of furan rings is 1. The van der Waals surface area contributed by atoms with E-state index in [9.17, 15) is 8.42 Å². The second kappa shape index (κ2) is 7.52. The van der Waals surface area contributed by atoms with Gasteiger partial charge < -0.3 is 14.9 Å². The Bertz CT molecular complexity index is 442. The molecule has 0 aliphatic carbocycles. The molecule has 0 unspecified atom stereocenters. The highest BCUT2D eigenvalue weighted by Crippen LogP contribution is 2.12. The Balaban J connectivity index is 2.36. The lowest BCUT2D eigenvalue weighted by Crippen LogP contribution is -2.25. The Labute approximate surface area is 108 Å². The molecule has 3 N–H and O–H groups in total. The monoisotopic (exact) mass is 276 g/mol. The molecule has 0 aliphatic heterocycles. The number of rotatable bonds is 9. The average Bonchev–Trinajstić information content (AvgIpc) is 2.83. The molecule has 1 aromatic rings. The minimum Gasteiger partial charge on any atom is -0.447 e. The van der Waals surface area contributed by atoms with Crippen molar-refractivity contribution in [3.8, 4) is 0 Å². The van der Waals surface area contributed by atoms with Gasteiger partial charge in [0.05, 0.1) is 6.54 Å². The number of hydrogen-bond acceptors (Lipinski definition) is 5. The first-order chi connectivity index (χ1) is 8.60. The molecule has 18 heavy (non-hydrogen) atoms. The van der Waals surface area contributed by atoms with Gasteiger partial charge in [-0.2, -0.15) is 0 Å². The zero-order chi connectivity index (χ0) is 13.4. The molecule has 0 saturated heterocycles. The SMILES string of the molecule is CCCOCCCNS(=O)(=O)c1ccc(CN)o1. The summed E-state index contributed by atoms with van der Waals surface area (Å²) in [6.07, 6.45) is 1.59. The molecule has 0 amide bonds. The first-order valence-corrected chi connectivity index (χ1v) is 7.44. The molecular formula is C11H20N2O4S. The number of nitrogens with two attached hydrogens (primary N) is 1. The minimum absolute atomic E-state index is 0.0996. The van der Waals surface area contributed by atoms with E-state index in [1.165, 1.54) is 6.07 Å². The van der Waals surface area contributed by atoms with Crippen molar-refractivity contribution in [3.05, 3.63) is 17.9 Å². The van der Waals surface area contributed by atoms with E-state index in [2.05, 4.69) is 4.72 Å². The molecule has 1 rings (SSSR count). The van der Waals surface area contributed by atoms with Crippen LogP contribution in [0.3, 0.4) is 0 Å². The highest BCUT2D eigenvalue weighted by atomic mass is 32.2. The zero-order valence-corrected chi connectivity index (χ0v) is 11.3. The summed E-state index contributed by atoms with van der Waals surface area (Å²) in [6.45, 7) is 3.77. The summed E-state index contributed by atoms with van der Waals surface area (Å²) in [7, 11) is -3.57. The van der Waals surface area contributed by atoms with Gasteiger partial charge in [-0.05, 0) is 25.0 Å². The van der Waals surface area contributed by atoms with Crippen LogP contribution >= 0.6 is 0 Å². The highest BCUT2D eigenvalue weighted by Gasteiger charge is 2.17. The van der Waals surface area contributed by atoms with Gasteiger partial charge in [0.15, 0.2) is 0 Å². The predicted molar refractivity (Wildman–Crippen MR) is 67.5 cm³/mol. The number of nitrogens with one attached hydrogen (secondary N) is 1. The molecule has 0 bridgehead atoms. The standard InChI is InChI=1S/C11H20N2O4S/c1-2-7-16-8-3-6-13-18(14,15)11-5-4-10(9-12)17-11/h4-5,13H,2-3,6-9,12H2,1H3. The van der Waals surface area contributed by atoms with Crippen molar-refractivity contribution in [1.82, 2.24) is 4.72 Å². The normalized spacial score (nSPS) is 11.9. The third-order valence-corrected chi connectivity index (χ3v) is 3.54. The van der Waals surface area contributed by atoms with E-state index in [1.807, 2.05) is 6.92 Å². The van der Waals surface area contributed by atoms with E-state index in [4.69, 9.17) is 14.9 Å². The Kier molecular flexibility index (Phi) is 6.34. The Morgan fingerprint density at radius 3 is 2.78 bits per heavy atom. The van der Waals surface area contributed by atoms with Crippen LogP contribution in [-0.2, 0) is 21.3 Å². The number of hydrogen-bond donors (Lipinski definition) is 2. The van der Waals surface area contributed by atoms with E-state index in [1.54, 1.807) is 6.07 Å². The Morgan fingerprint density at radius 2 is 2.17 bits per heavy atom. The van der Waals surface area contributed by atoms with Gasteiger partial charge >= 0.3 is 0 Å². The average molecular weight is 276 g/mol. The number of ether oxygens (including phenoxy) is 1. The molecule has 1 heterocycles. The summed E-state index contributed by atoms with van der Waals surface area (Å²) >= 11 is 0. The predicted octanol–water partition coefficient (Wildman–Crippen LogP) is 0.833. The summed E-state index contributed by atoms with van der Waals surface area (Å²) in [5.74, 6) is 0.446. The van der Waals surface area contributed by atoms with Crippen LogP contribution in [0.4, 0.5) is 0 Å². The van der Waals surface area contributed by atoms with E-state index in [0.29, 0.717) is 31.9 Å². The Morgan fingerprint density at radius 1 is 1.39 bits per heavy atom. The van der Waals surface area contributed by atoms with E-state index in [0.717, 1.165) is 6.42 Å². The van der Waals surface area contributed by atoms with Crippen LogP contribution in [0.15, 0.2) is 21.6 Å². The maximum atomic E-state index is 11.8. The molecule has 0 aromatic carbocycles. The summed E-state index contributed by atoms with van der Waals surface area (Å²) in [6, 6.07) is 2.96. The lowest BCUT2D eigenvalue weighted by Gasteiger charge is -2.04. The van der Waals surface area contributed by atoms with Gasteiger partial charge in [-0.1, -0.05) is 6.92 Å². The van der Waals surface area contributed by atoms with Crippen molar-refractivity contribution >= 4 is 10.0 Å². The van der Waals surface area contributed by atoms with E-state index in [-0.39, 0.29) is 11.6 Å². The smallest absolute Gasteiger partial charge is 0.273 e. The van der Waals surface area contributed by atoms with Crippen LogP contribution in [0.2, 0.25) is 0 Å². The minimum atomic E-state index is -3.57. The molecule has 0 aliphatic rings. The fourth-order valence-corrected chi connectivity index (χ4v) is 2.33. The maximum Gasteiger partial charge on any atom is 0.273 e.